The van der Waals surface area contributed by atoms with E-state index in [4.69, 9.17) is 0 Å². The highest BCUT2D eigenvalue weighted by Gasteiger charge is 2.01. The Morgan fingerprint density at radius 2 is 2.55 bits per heavy atom. The summed E-state index contributed by atoms with van der Waals surface area (Å²) in [6, 6.07) is 3.45. The largest absolute Gasteiger partial charge is 0.296 e. The van der Waals surface area contributed by atoms with Gasteiger partial charge < -0.3 is 0 Å². The number of carbonyl (C=O) groups excluding carboxylic acids is 1. The zero-order chi connectivity index (χ0) is 8.10. The van der Waals surface area contributed by atoms with E-state index in [0.29, 0.717) is 5.56 Å². The SMILES string of the molecule is CSNC(=O)c1cccnc1. The fourth-order valence-electron chi connectivity index (χ4n) is 0.649. The number of hydrogen-bond acceptors (Lipinski definition) is 3. The van der Waals surface area contributed by atoms with Crippen LogP contribution in [0.4, 0.5) is 0 Å². The molecule has 1 aromatic rings. The Balaban J connectivity index is 2.69. The first-order valence-electron chi connectivity index (χ1n) is 3.08. The van der Waals surface area contributed by atoms with Gasteiger partial charge in [-0.3, -0.25) is 14.5 Å². The van der Waals surface area contributed by atoms with Crippen LogP contribution in [0.5, 0.6) is 0 Å². The predicted octanol–water partition coefficient (Wildman–Crippen LogP) is 1.09. The summed E-state index contributed by atoms with van der Waals surface area (Å²) >= 11 is 1.28. The van der Waals surface area contributed by atoms with Gasteiger partial charge in [0.15, 0.2) is 0 Å². The molecule has 0 aliphatic rings. The molecule has 0 aliphatic carbocycles. The third-order valence-electron chi connectivity index (χ3n) is 1.12. The summed E-state index contributed by atoms with van der Waals surface area (Å²) in [5.41, 5.74) is 0.585. The Kier molecular flexibility index (Phi) is 2.92. The third-order valence-corrected chi connectivity index (χ3v) is 1.51. The van der Waals surface area contributed by atoms with Gasteiger partial charge in [-0.15, -0.1) is 0 Å². The molecule has 0 aliphatic heterocycles. The number of carbonyl (C=O) groups is 1. The smallest absolute Gasteiger partial charge is 0.262 e. The summed E-state index contributed by atoms with van der Waals surface area (Å²) in [5, 5.41) is 0. The van der Waals surface area contributed by atoms with Crippen LogP contribution in [0.15, 0.2) is 24.5 Å². The molecule has 0 fully saturated rings. The van der Waals surface area contributed by atoms with Crippen molar-refractivity contribution in [3.05, 3.63) is 30.1 Å². The number of nitrogens with zero attached hydrogens (tertiary/aromatic N) is 1. The number of hydrogen-bond donors (Lipinski definition) is 1. The first-order valence-corrected chi connectivity index (χ1v) is 4.30. The second-order valence-corrected chi connectivity index (χ2v) is 2.49. The van der Waals surface area contributed by atoms with Crippen LogP contribution in [0.25, 0.3) is 0 Å². The quantitative estimate of drug-likeness (QED) is 0.672. The topological polar surface area (TPSA) is 42.0 Å². The Hall–Kier alpha value is -1.03. The molecule has 11 heavy (non-hydrogen) atoms. The van der Waals surface area contributed by atoms with Gasteiger partial charge in [0.1, 0.15) is 0 Å². The van der Waals surface area contributed by atoms with Crippen molar-refractivity contribution in [3.63, 3.8) is 0 Å². The lowest BCUT2D eigenvalue weighted by molar-refractivity contribution is 0.0984. The van der Waals surface area contributed by atoms with Crippen LogP contribution < -0.4 is 4.72 Å². The molecule has 0 unspecified atom stereocenters. The second kappa shape index (κ2) is 3.98. The molecule has 0 atom stereocenters. The predicted molar refractivity (Wildman–Crippen MR) is 45.2 cm³/mol. The van der Waals surface area contributed by atoms with Crippen molar-refractivity contribution in [2.75, 3.05) is 6.26 Å². The lowest BCUT2D eigenvalue weighted by atomic mass is 10.3. The molecule has 0 spiro atoms. The molecule has 1 rings (SSSR count). The maximum atomic E-state index is 11.1. The summed E-state index contributed by atoms with van der Waals surface area (Å²) in [7, 11) is 0. The van der Waals surface area contributed by atoms with Crippen molar-refractivity contribution in [1.82, 2.24) is 9.71 Å². The van der Waals surface area contributed by atoms with Crippen molar-refractivity contribution >= 4 is 17.9 Å². The second-order valence-electron chi connectivity index (χ2n) is 1.88. The van der Waals surface area contributed by atoms with Gasteiger partial charge in [-0.1, -0.05) is 11.9 Å². The van der Waals surface area contributed by atoms with Gasteiger partial charge in [-0.05, 0) is 12.1 Å². The fourth-order valence-corrected chi connectivity index (χ4v) is 0.952. The van der Waals surface area contributed by atoms with E-state index in [9.17, 15) is 4.79 Å². The fraction of sp³-hybridized carbons (Fsp3) is 0.143. The standard InChI is InChI=1S/C7H8N2OS/c1-11-9-7(10)6-3-2-4-8-5-6/h2-5H,1H3,(H,9,10). The first-order chi connectivity index (χ1) is 5.34. The van der Waals surface area contributed by atoms with Crippen molar-refractivity contribution in [2.45, 2.75) is 0 Å². The molecular formula is C7H8N2OS. The molecule has 4 heteroatoms. The minimum Gasteiger partial charge on any atom is -0.296 e. The third kappa shape index (κ3) is 2.23. The van der Waals surface area contributed by atoms with E-state index >= 15 is 0 Å². The molecule has 1 heterocycles. The van der Waals surface area contributed by atoms with Crippen LogP contribution in [0, 0.1) is 0 Å². The van der Waals surface area contributed by atoms with Gasteiger partial charge in [0.25, 0.3) is 5.91 Å². The minimum absolute atomic E-state index is 0.106. The summed E-state index contributed by atoms with van der Waals surface area (Å²) in [6.45, 7) is 0. The van der Waals surface area contributed by atoms with Crippen LogP contribution in [0.3, 0.4) is 0 Å². The van der Waals surface area contributed by atoms with E-state index in [-0.39, 0.29) is 5.91 Å². The van der Waals surface area contributed by atoms with Gasteiger partial charge in [0, 0.05) is 18.6 Å². The lowest BCUT2D eigenvalue weighted by Crippen LogP contribution is -2.14. The van der Waals surface area contributed by atoms with Crippen LogP contribution in [0.2, 0.25) is 0 Å². The molecule has 1 N–H and O–H groups in total. The minimum atomic E-state index is -0.106. The van der Waals surface area contributed by atoms with Gasteiger partial charge in [-0.2, -0.15) is 0 Å². The van der Waals surface area contributed by atoms with E-state index in [0.717, 1.165) is 0 Å². The maximum Gasteiger partial charge on any atom is 0.262 e. The molecule has 3 nitrogen and oxygen atoms in total. The van der Waals surface area contributed by atoms with E-state index in [1.54, 1.807) is 24.6 Å². The summed E-state index contributed by atoms with van der Waals surface area (Å²) in [6.07, 6.45) is 4.97. The molecule has 1 aromatic heterocycles. The summed E-state index contributed by atoms with van der Waals surface area (Å²) in [4.78, 5) is 14.9. The van der Waals surface area contributed by atoms with Crippen LogP contribution in [-0.4, -0.2) is 17.1 Å². The molecular weight excluding hydrogens is 160 g/mol. The Morgan fingerprint density at radius 1 is 1.73 bits per heavy atom. The van der Waals surface area contributed by atoms with Crippen molar-refractivity contribution in [2.24, 2.45) is 0 Å². The normalized spacial score (nSPS) is 9.18. The average molecular weight is 168 g/mol. The average Bonchev–Trinajstić information content (AvgIpc) is 2.07. The Morgan fingerprint density at radius 3 is 3.09 bits per heavy atom. The van der Waals surface area contributed by atoms with Crippen molar-refractivity contribution in [3.8, 4) is 0 Å². The highest BCUT2D eigenvalue weighted by Crippen LogP contribution is 1.96. The van der Waals surface area contributed by atoms with Gasteiger partial charge in [0.2, 0.25) is 0 Å². The number of pyridine rings is 1. The highest BCUT2D eigenvalue weighted by molar-refractivity contribution is 7.97. The monoisotopic (exact) mass is 168 g/mol. The number of nitrogens with one attached hydrogen (secondary N) is 1. The summed E-state index contributed by atoms with van der Waals surface area (Å²) in [5.74, 6) is -0.106. The molecule has 58 valence electrons. The van der Waals surface area contributed by atoms with Crippen LogP contribution >= 0.6 is 11.9 Å². The van der Waals surface area contributed by atoms with Crippen LogP contribution in [0.1, 0.15) is 10.4 Å². The summed E-state index contributed by atoms with van der Waals surface area (Å²) < 4.78 is 2.60. The van der Waals surface area contributed by atoms with E-state index in [2.05, 4.69) is 9.71 Å². The number of aromatic nitrogens is 1. The molecule has 0 saturated carbocycles. The van der Waals surface area contributed by atoms with Gasteiger partial charge in [0.05, 0.1) is 5.56 Å². The van der Waals surface area contributed by atoms with E-state index < -0.39 is 0 Å². The van der Waals surface area contributed by atoms with E-state index in [1.807, 2.05) is 0 Å². The Labute approximate surface area is 69.4 Å². The van der Waals surface area contributed by atoms with Crippen molar-refractivity contribution in [1.29, 1.82) is 0 Å². The zero-order valence-electron chi connectivity index (χ0n) is 6.07. The number of rotatable bonds is 2. The van der Waals surface area contributed by atoms with E-state index in [1.165, 1.54) is 18.1 Å². The van der Waals surface area contributed by atoms with Crippen molar-refractivity contribution < 1.29 is 4.79 Å². The highest BCUT2D eigenvalue weighted by atomic mass is 32.2. The zero-order valence-corrected chi connectivity index (χ0v) is 6.89. The maximum absolute atomic E-state index is 11.1. The van der Waals surface area contributed by atoms with Gasteiger partial charge in [-0.25, -0.2) is 0 Å². The molecule has 0 aromatic carbocycles. The van der Waals surface area contributed by atoms with Crippen LogP contribution in [-0.2, 0) is 0 Å². The number of amides is 1. The molecule has 0 saturated heterocycles. The first kappa shape index (κ1) is 8.07. The molecule has 0 bridgehead atoms. The lowest BCUT2D eigenvalue weighted by Gasteiger charge is -1.98. The molecule has 0 radical (unpaired) electrons. The Bertz CT molecular complexity index is 237. The molecule has 1 amide bonds. The van der Waals surface area contributed by atoms with Gasteiger partial charge >= 0.3 is 0 Å².